The second-order valence-corrected chi connectivity index (χ2v) is 6.66. The van der Waals surface area contributed by atoms with Gasteiger partial charge in [-0.2, -0.15) is 4.98 Å². The normalized spacial score (nSPS) is 13.6. The summed E-state index contributed by atoms with van der Waals surface area (Å²) in [5, 5.41) is 12.1. The van der Waals surface area contributed by atoms with E-state index in [0.29, 0.717) is 31.0 Å². The molecule has 1 aliphatic heterocycles. The molecule has 1 amide bonds. The lowest BCUT2D eigenvalue weighted by Crippen LogP contribution is -2.40. The molecule has 4 aromatic rings. The molecule has 2 aromatic carbocycles. The lowest BCUT2D eigenvalue weighted by atomic mass is 10.1. The molecular weight excluding hydrogens is 375 g/mol. The predicted octanol–water partition coefficient (Wildman–Crippen LogP) is 2.79. The number of hydrogen-bond donors (Lipinski definition) is 0. The zero-order chi connectivity index (χ0) is 19.8. The van der Waals surface area contributed by atoms with Crippen LogP contribution < -0.4 is 0 Å². The van der Waals surface area contributed by atoms with Crippen LogP contribution >= 0.6 is 0 Å². The first kappa shape index (κ1) is 17.2. The Balaban J connectivity index is 1.45. The summed E-state index contributed by atoms with van der Waals surface area (Å²) in [7, 11) is 0. The van der Waals surface area contributed by atoms with Crippen LogP contribution in [0.4, 0.5) is 4.39 Å². The summed E-state index contributed by atoms with van der Waals surface area (Å²) in [5.74, 6) is -0.0630. The molecule has 0 N–H and O–H groups in total. The minimum absolute atomic E-state index is 0.131. The lowest BCUT2D eigenvalue weighted by molar-refractivity contribution is 0.0683. The third-order valence-electron chi connectivity index (χ3n) is 4.73. The monoisotopic (exact) mass is 390 g/mol. The largest absolute Gasteiger partial charge is 0.332 e. The van der Waals surface area contributed by atoms with Crippen molar-refractivity contribution < 1.29 is 13.7 Å². The zero-order valence-electron chi connectivity index (χ0n) is 15.2. The quantitative estimate of drug-likeness (QED) is 0.532. The smallest absolute Gasteiger partial charge is 0.281 e. The first-order valence-electron chi connectivity index (χ1n) is 9.06. The molecule has 5 rings (SSSR count). The van der Waals surface area contributed by atoms with E-state index in [1.165, 1.54) is 16.8 Å². The molecule has 0 aliphatic carbocycles. The number of hydrogen-bond acceptors (Lipinski definition) is 6. The number of rotatable bonds is 4. The van der Waals surface area contributed by atoms with E-state index in [1.807, 2.05) is 30.3 Å². The Morgan fingerprint density at radius 1 is 1.07 bits per heavy atom. The van der Waals surface area contributed by atoms with Crippen LogP contribution in [0.15, 0.2) is 59.1 Å². The summed E-state index contributed by atoms with van der Waals surface area (Å²) in [4.78, 5) is 19.1. The van der Waals surface area contributed by atoms with Gasteiger partial charge in [-0.3, -0.25) is 4.79 Å². The highest BCUT2D eigenvalue weighted by molar-refractivity contribution is 5.98. The number of fused-ring (bicyclic) bond motifs is 1. The van der Waals surface area contributed by atoms with Gasteiger partial charge in [0.2, 0.25) is 5.82 Å². The summed E-state index contributed by atoms with van der Waals surface area (Å²) in [5.41, 5.74) is 2.04. The molecule has 2 aromatic heterocycles. The molecule has 0 radical (unpaired) electrons. The van der Waals surface area contributed by atoms with E-state index in [2.05, 4.69) is 20.5 Å². The van der Waals surface area contributed by atoms with Crippen molar-refractivity contribution in [1.82, 2.24) is 30.0 Å². The maximum atomic E-state index is 13.5. The third kappa shape index (κ3) is 3.16. The molecule has 0 saturated heterocycles. The highest BCUT2D eigenvalue weighted by Gasteiger charge is 2.32. The molecule has 0 unspecified atom stereocenters. The summed E-state index contributed by atoms with van der Waals surface area (Å²) in [6, 6.07) is 15.6. The van der Waals surface area contributed by atoms with E-state index in [9.17, 15) is 9.18 Å². The van der Waals surface area contributed by atoms with E-state index < -0.39 is 0 Å². The van der Waals surface area contributed by atoms with Gasteiger partial charge in [-0.25, -0.2) is 9.07 Å². The highest BCUT2D eigenvalue weighted by Crippen LogP contribution is 2.26. The Hall–Kier alpha value is -3.88. The van der Waals surface area contributed by atoms with E-state index in [4.69, 9.17) is 4.52 Å². The van der Waals surface area contributed by atoms with Crippen LogP contribution in [0, 0.1) is 5.82 Å². The molecule has 144 valence electrons. The van der Waals surface area contributed by atoms with Crippen LogP contribution in [0.2, 0.25) is 0 Å². The van der Waals surface area contributed by atoms with Crippen molar-refractivity contribution >= 4 is 5.91 Å². The molecule has 0 saturated carbocycles. The fourth-order valence-electron chi connectivity index (χ4n) is 3.32. The number of benzene rings is 2. The maximum Gasteiger partial charge on any atom is 0.281 e. The lowest BCUT2D eigenvalue weighted by Gasteiger charge is -2.27. The number of carbonyl (C=O) groups excluding carboxylic acids is 1. The number of carbonyl (C=O) groups is 1. The fraction of sp³-hybridized carbons (Fsp3) is 0.150. The topological polar surface area (TPSA) is 89.9 Å². The van der Waals surface area contributed by atoms with Gasteiger partial charge >= 0.3 is 0 Å². The molecular formula is C20H15FN6O2. The van der Waals surface area contributed by atoms with Crippen molar-refractivity contribution in [3.8, 4) is 23.0 Å². The van der Waals surface area contributed by atoms with Gasteiger partial charge in [0.1, 0.15) is 5.82 Å². The summed E-state index contributed by atoms with van der Waals surface area (Å²) in [6.07, 6.45) is 0. The van der Waals surface area contributed by atoms with Crippen LogP contribution in [-0.4, -0.2) is 42.5 Å². The average molecular weight is 390 g/mol. The Labute approximate surface area is 164 Å². The first-order valence-corrected chi connectivity index (χ1v) is 9.06. The van der Waals surface area contributed by atoms with Gasteiger partial charge in [-0.05, 0) is 17.7 Å². The van der Waals surface area contributed by atoms with Gasteiger partial charge in [-0.15, -0.1) is 5.10 Å². The number of aromatic nitrogens is 5. The van der Waals surface area contributed by atoms with Gasteiger partial charge in [0.05, 0.1) is 6.54 Å². The second kappa shape index (κ2) is 6.93. The molecule has 9 heteroatoms. The van der Waals surface area contributed by atoms with Crippen LogP contribution in [0.5, 0.6) is 0 Å². The van der Waals surface area contributed by atoms with E-state index in [0.717, 1.165) is 5.56 Å². The van der Waals surface area contributed by atoms with Gasteiger partial charge in [0, 0.05) is 18.7 Å². The number of halogens is 1. The number of amides is 1. The Bertz CT molecular complexity index is 1190. The predicted molar refractivity (Wildman–Crippen MR) is 99.9 cm³/mol. The maximum absolute atomic E-state index is 13.5. The molecule has 0 fully saturated rings. The number of nitrogens with zero attached hydrogens (tertiary/aromatic N) is 6. The van der Waals surface area contributed by atoms with E-state index in [1.54, 1.807) is 17.0 Å². The van der Waals surface area contributed by atoms with Crippen molar-refractivity contribution in [2.45, 2.75) is 13.1 Å². The average Bonchev–Trinajstić information content (AvgIpc) is 3.38. The van der Waals surface area contributed by atoms with Gasteiger partial charge in [0.25, 0.3) is 11.8 Å². The minimum Gasteiger partial charge on any atom is -0.332 e. The molecule has 0 bridgehead atoms. The van der Waals surface area contributed by atoms with Crippen molar-refractivity contribution in [2.24, 2.45) is 0 Å². The van der Waals surface area contributed by atoms with Crippen LogP contribution in [0.3, 0.4) is 0 Å². The zero-order valence-corrected chi connectivity index (χ0v) is 15.2. The Kier molecular flexibility index (Phi) is 4.12. The second-order valence-electron chi connectivity index (χ2n) is 6.66. The van der Waals surface area contributed by atoms with Crippen LogP contribution in [0.25, 0.3) is 23.0 Å². The molecule has 0 spiro atoms. The Morgan fingerprint density at radius 3 is 2.76 bits per heavy atom. The fourth-order valence-corrected chi connectivity index (χ4v) is 3.32. The van der Waals surface area contributed by atoms with Crippen molar-refractivity contribution in [3.05, 3.63) is 71.7 Å². The van der Waals surface area contributed by atoms with Crippen LogP contribution in [-0.2, 0) is 13.1 Å². The molecule has 3 heterocycles. The molecule has 29 heavy (non-hydrogen) atoms. The summed E-state index contributed by atoms with van der Waals surface area (Å²) in [6.45, 7) is 1.22. The SMILES string of the molecule is O=C1c2c(-c3nc(-c4ccccc4)no3)nnn2CCN1Cc1cccc(F)c1. The third-order valence-corrected chi connectivity index (χ3v) is 4.73. The van der Waals surface area contributed by atoms with Gasteiger partial charge < -0.3 is 9.42 Å². The molecule has 1 aliphatic rings. The van der Waals surface area contributed by atoms with Crippen molar-refractivity contribution in [1.29, 1.82) is 0 Å². The Morgan fingerprint density at radius 2 is 1.93 bits per heavy atom. The highest BCUT2D eigenvalue weighted by atomic mass is 19.1. The first-order chi connectivity index (χ1) is 14.2. The van der Waals surface area contributed by atoms with Crippen LogP contribution in [0.1, 0.15) is 16.1 Å². The van der Waals surface area contributed by atoms with Gasteiger partial charge in [0.15, 0.2) is 11.4 Å². The summed E-state index contributed by atoms with van der Waals surface area (Å²) < 4.78 is 20.4. The van der Waals surface area contributed by atoms with E-state index >= 15 is 0 Å². The summed E-state index contributed by atoms with van der Waals surface area (Å²) >= 11 is 0. The standard InChI is InChI=1S/C20H15FN6O2/c21-15-8-4-5-13(11-15)12-26-9-10-27-17(20(26)28)16(23-25-27)19-22-18(24-29-19)14-6-2-1-3-7-14/h1-8,11H,9-10,12H2. The molecule has 0 atom stereocenters. The van der Waals surface area contributed by atoms with Crippen molar-refractivity contribution in [3.63, 3.8) is 0 Å². The molecule has 8 nitrogen and oxygen atoms in total. The van der Waals surface area contributed by atoms with Crippen molar-refractivity contribution in [2.75, 3.05) is 6.54 Å². The minimum atomic E-state index is -0.335. The van der Waals surface area contributed by atoms with E-state index in [-0.39, 0.29) is 29.0 Å². The van der Waals surface area contributed by atoms with Gasteiger partial charge in [-0.1, -0.05) is 52.8 Å².